The number of nitrogens with zero attached hydrogens (tertiary/aromatic N) is 2. The Morgan fingerprint density at radius 1 is 1.61 bits per heavy atom. The minimum Gasteiger partial charge on any atom is -0.314 e. The minimum absolute atomic E-state index is 0. The molecule has 0 spiro atoms. The van der Waals surface area contributed by atoms with Gasteiger partial charge in [-0.15, -0.1) is 12.4 Å². The van der Waals surface area contributed by atoms with E-state index >= 15 is 0 Å². The summed E-state index contributed by atoms with van der Waals surface area (Å²) >= 11 is 0. The molecule has 2 N–H and O–H groups in total. The minimum atomic E-state index is -3.39. The van der Waals surface area contributed by atoms with E-state index in [1.54, 1.807) is 7.05 Å². The molecular weight excluding hydrogens is 276 g/mol. The topological polar surface area (TPSA) is 76.0 Å². The zero-order chi connectivity index (χ0) is 12.3. The van der Waals surface area contributed by atoms with Gasteiger partial charge < -0.3 is 5.32 Å². The molecule has 0 aliphatic carbocycles. The van der Waals surface area contributed by atoms with E-state index in [4.69, 9.17) is 0 Å². The van der Waals surface area contributed by atoms with Gasteiger partial charge in [-0.05, 0) is 25.8 Å². The maximum Gasteiger partial charge on any atom is 0.243 e. The van der Waals surface area contributed by atoms with Crippen LogP contribution in [0.4, 0.5) is 0 Å². The van der Waals surface area contributed by atoms with E-state index < -0.39 is 10.0 Å². The zero-order valence-corrected chi connectivity index (χ0v) is 11.9. The van der Waals surface area contributed by atoms with Crippen LogP contribution in [0.3, 0.4) is 0 Å². The molecule has 0 aromatic carbocycles. The average molecular weight is 295 g/mol. The Hall–Kier alpha value is -0.630. The van der Waals surface area contributed by atoms with Gasteiger partial charge in [-0.25, -0.2) is 13.1 Å². The lowest BCUT2D eigenvalue weighted by Crippen LogP contribution is -2.30. The molecule has 2 heterocycles. The Morgan fingerprint density at radius 2 is 2.39 bits per heavy atom. The van der Waals surface area contributed by atoms with Crippen LogP contribution in [0.15, 0.2) is 17.3 Å². The molecule has 2 rings (SSSR count). The van der Waals surface area contributed by atoms with Crippen molar-refractivity contribution in [3.63, 3.8) is 0 Å². The number of rotatable bonds is 5. The number of halogens is 1. The summed E-state index contributed by atoms with van der Waals surface area (Å²) in [6, 6.07) is 0.451. The lowest BCUT2D eigenvalue weighted by Gasteiger charge is -2.10. The van der Waals surface area contributed by atoms with Crippen LogP contribution < -0.4 is 10.0 Å². The molecular formula is C10H19ClN4O2S. The van der Waals surface area contributed by atoms with Crippen LogP contribution in [-0.4, -0.2) is 37.3 Å². The van der Waals surface area contributed by atoms with Crippen LogP contribution >= 0.6 is 12.4 Å². The number of hydrogen-bond donors (Lipinski definition) is 2. The predicted octanol–water partition coefficient (Wildman–Crippen LogP) is 0.262. The first-order valence-corrected chi connectivity index (χ1v) is 7.28. The van der Waals surface area contributed by atoms with Crippen molar-refractivity contribution in [1.82, 2.24) is 19.8 Å². The number of nitrogens with one attached hydrogen (secondary N) is 2. The highest BCUT2D eigenvalue weighted by atomic mass is 35.5. The third-order valence-electron chi connectivity index (χ3n) is 2.94. The van der Waals surface area contributed by atoms with Gasteiger partial charge in [-0.3, -0.25) is 4.68 Å². The molecule has 0 saturated carbocycles. The quantitative estimate of drug-likeness (QED) is 0.817. The van der Waals surface area contributed by atoms with Crippen molar-refractivity contribution in [3.8, 4) is 0 Å². The van der Waals surface area contributed by atoms with Crippen LogP contribution in [0.2, 0.25) is 0 Å². The summed E-state index contributed by atoms with van der Waals surface area (Å²) in [5, 5.41) is 7.19. The fourth-order valence-corrected chi connectivity index (χ4v) is 3.02. The number of aryl methyl sites for hydroxylation is 1. The molecule has 1 saturated heterocycles. The highest BCUT2D eigenvalue weighted by Gasteiger charge is 2.18. The highest BCUT2D eigenvalue weighted by molar-refractivity contribution is 7.89. The van der Waals surface area contributed by atoms with Crippen LogP contribution in [0, 0.1) is 0 Å². The molecule has 18 heavy (non-hydrogen) atoms. The average Bonchev–Trinajstić information content (AvgIpc) is 2.89. The molecule has 0 radical (unpaired) electrons. The van der Waals surface area contributed by atoms with Gasteiger partial charge in [-0.2, -0.15) is 5.10 Å². The van der Waals surface area contributed by atoms with Gasteiger partial charge in [0.15, 0.2) is 0 Å². The van der Waals surface area contributed by atoms with Crippen molar-refractivity contribution in [2.45, 2.75) is 30.2 Å². The Kier molecular flexibility index (Phi) is 5.58. The molecule has 1 atom stereocenters. The molecule has 0 unspecified atom stereocenters. The third kappa shape index (κ3) is 3.94. The van der Waals surface area contributed by atoms with Crippen molar-refractivity contribution in [3.05, 3.63) is 12.4 Å². The number of aromatic nitrogens is 2. The molecule has 104 valence electrons. The van der Waals surface area contributed by atoms with Gasteiger partial charge in [0.1, 0.15) is 4.90 Å². The van der Waals surface area contributed by atoms with E-state index in [0.29, 0.717) is 12.6 Å². The van der Waals surface area contributed by atoms with E-state index in [1.807, 2.05) is 0 Å². The fraction of sp³-hybridized carbons (Fsp3) is 0.700. The van der Waals surface area contributed by atoms with Crippen molar-refractivity contribution in [2.75, 3.05) is 13.1 Å². The molecule has 6 nitrogen and oxygen atoms in total. The van der Waals surface area contributed by atoms with Crippen LogP contribution in [0.25, 0.3) is 0 Å². The lowest BCUT2D eigenvalue weighted by molar-refractivity contribution is 0.539. The molecule has 1 aromatic heterocycles. The van der Waals surface area contributed by atoms with E-state index in [2.05, 4.69) is 15.1 Å². The molecule has 0 bridgehead atoms. The Labute approximate surface area is 114 Å². The summed E-state index contributed by atoms with van der Waals surface area (Å²) in [5.74, 6) is 0. The second-order valence-electron chi connectivity index (χ2n) is 4.33. The van der Waals surface area contributed by atoms with E-state index in [1.165, 1.54) is 23.5 Å². The summed E-state index contributed by atoms with van der Waals surface area (Å²) in [7, 11) is -1.70. The molecule has 1 aromatic rings. The van der Waals surface area contributed by atoms with Crippen molar-refractivity contribution < 1.29 is 8.42 Å². The smallest absolute Gasteiger partial charge is 0.243 e. The first-order chi connectivity index (χ1) is 8.08. The highest BCUT2D eigenvalue weighted by Crippen LogP contribution is 2.09. The summed E-state index contributed by atoms with van der Waals surface area (Å²) in [6.45, 7) is 1.51. The van der Waals surface area contributed by atoms with Gasteiger partial charge in [0.05, 0.1) is 6.20 Å². The Balaban J connectivity index is 0.00000162. The Bertz CT molecular complexity index is 468. The molecule has 0 amide bonds. The number of sulfonamides is 1. The monoisotopic (exact) mass is 294 g/mol. The van der Waals surface area contributed by atoms with Crippen LogP contribution in [-0.2, 0) is 17.1 Å². The van der Waals surface area contributed by atoms with Crippen molar-refractivity contribution in [1.29, 1.82) is 0 Å². The Morgan fingerprint density at radius 3 is 2.94 bits per heavy atom. The maximum absolute atomic E-state index is 11.8. The van der Waals surface area contributed by atoms with Gasteiger partial charge in [0, 0.05) is 25.8 Å². The van der Waals surface area contributed by atoms with E-state index in [9.17, 15) is 8.42 Å². The van der Waals surface area contributed by atoms with Gasteiger partial charge >= 0.3 is 0 Å². The molecule has 1 aliphatic heterocycles. The second kappa shape index (κ2) is 6.51. The first-order valence-electron chi connectivity index (χ1n) is 5.79. The predicted molar refractivity (Wildman–Crippen MR) is 71.3 cm³/mol. The fourth-order valence-electron chi connectivity index (χ4n) is 1.99. The normalized spacial score (nSPS) is 19.7. The summed E-state index contributed by atoms with van der Waals surface area (Å²) in [4.78, 5) is 0.222. The largest absolute Gasteiger partial charge is 0.314 e. The second-order valence-corrected chi connectivity index (χ2v) is 6.10. The number of hydrogen-bond acceptors (Lipinski definition) is 4. The maximum atomic E-state index is 11.8. The first kappa shape index (κ1) is 15.4. The lowest BCUT2D eigenvalue weighted by atomic mass is 10.2. The zero-order valence-electron chi connectivity index (χ0n) is 10.3. The molecule has 8 heteroatoms. The summed E-state index contributed by atoms with van der Waals surface area (Å²) in [6.07, 6.45) is 6.00. The van der Waals surface area contributed by atoms with Crippen molar-refractivity contribution >= 4 is 22.4 Å². The standard InChI is InChI=1S/C10H18N4O2S.ClH/c1-14-8-10(7-12-14)17(15,16)13-6-4-9-3-2-5-11-9;/h7-9,11,13H,2-6H2,1H3;1H/t9-;/m1./s1. The van der Waals surface area contributed by atoms with E-state index in [0.717, 1.165) is 19.4 Å². The van der Waals surface area contributed by atoms with Crippen molar-refractivity contribution in [2.24, 2.45) is 7.05 Å². The van der Waals surface area contributed by atoms with Gasteiger partial charge in [0.25, 0.3) is 0 Å². The summed E-state index contributed by atoms with van der Waals surface area (Å²) < 4.78 is 27.7. The van der Waals surface area contributed by atoms with Gasteiger partial charge in [-0.1, -0.05) is 0 Å². The van der Waals surface area contributed by atoms with Crippen LogP contribution in [0.1, 0.15) is 19.3 Å². The molecule has 1 aliphatic rings. The summed E-state index contributed by atoms with van der Waals surface area (Å²) in [5.41, 5.74) is 0. The molecule has 1 fully saturated rings. The third-order valence-corrected chi connectivity index (χ3v) is 4.35. The van der Waals surface area contributed by atoms with Gasteiger partial charge in [0.2, 0.25) is 10.0 Å². The SMILES string of the molecule is Cl.Cn1cc(S(=O)(=O)NCC[C@H]2CCCN2)cn1. The van der Waals surface area contributed by atoms with Crippen LogP contribution in [0.5, 0.6) is 0 Å². The van der Waals surface area contributed by atoms with E-state index in [-0.39, 0.29) is 17.3 Å².